The van der Waals surface area contributed by atoms with E-state index in [-0.39, 0.29) is 23.6 Å². The average molecular weight is 405 g/mol. The van der Waals surface area contributed by atoms with Gasteiger partial charge in [0.1, 0.15) is 11.5 Å². The minimum Gasteiger partial charge on any atom is -0.464 e. The summed E-state index contributed by atoms with van der Waals surface area (Å²) in [5.41, 5.74) is 0.260. The van der Waals surface area contributed by atoms with Crippen molar-refractivity contribution >= 4 is 23.3 Å². The van der Waals surface area contributed by atoms with Crippen LogP contribution in [0.3, 0.4) is 0 Å². The summed E-state index contributed by atoms with van der Waals surface area (Å²) in [5.74, 6) is 1.09. The van der Waals surface area contributed by atoms with Crippen molar-refractivity contribution in [1.82, 2.24) is 19.8 Å². The van der Waals surface area contributed by atoms with Crippen molar-refractivity contribution in [3.8, 4) is 0 Å². The number of aromatic nitrogens is 2. The lowest BCUT2D eigenvalue weighted by Gasteiger charge is -2.30. The van der Waals surface area contributed by atoms with Gasteiger partial charge >= 0.3 is 0 Å². The Labute approximate surface area is 169 Å². The van der Waals surface area contributed by atoms with Gasteiger partial charge in [0.2, 0.25) is 0 Å². The van der Waals surface area contributed by atoms with Crippen LogP contribution in [0.2, 0.25) is 0 Å². The van der Waals surface area contributed by atoms with Gasteiger partial charge in [-0.15, -0.1) is 5.10 Å². The number of rotatable bonds is 8. The Morgan fingerprint density at radius 3 is 2.64 bits per heavy atom. The van der Waals surface area contributed by atoms with Crippen LogP contribution in [-0.2, 0) is 4.79 Å². The Morgan fingerprint density at radius 2 is 2.07 bits per heavy atom. The highest BCUT2D eigenvalue weighted by atomic mass is 32.1. The van der Waals surface area contributed by atoms with Gasteiger partial charge in [0.05, 0.1) is 0 Å². The molecular formula is C20H28N4O3S. The summed E-state index contributed by atoms with van der Waals surface area (Å²) in [4.78, 5) is 28.0. The molecule has 0 spiro atoms. The highest BCUT2D eigenvalue weighted by Crippen LogP contribution is 2.27. The largest absolute Gasteiger partial charge is 0.464 e. The third-order valence-corrected chi connectivity index (χ3v) is 5.58. The van der Waals surface area contributed by atoms with Gasteiger partial charge in [0.25, 0.3) is 11.8 Å². The third-order valence-electron chi connectivity index (χ3n) is 5.08. The molecule has 2 aromatic rings. The smallest absolute Gasteiger partial charge is 0.276 e. The van der Waals surface area contributed by atoms with E-state index >= 15 is 0 Å². The number of carbonyl (C=O) groups excluding carboxylic acids is 2. The summed E-state index contributed by atoms with van der Waals surface area (Å²) >= 11 is 1.12. The highest BCUT2D eigenvalue weighted by molar-refractivity contribution is 7.03. The zero-order valence-corrected chi connectivity index (χ0v) is 17.5. The Hall–Kier alpha value is -2.22. The molecule has 0 saturated heterocycles. The van der Waals surface area contributed by atoms with Gasteiger partial charge in [0, 0.05) is 18.0 Å². The molecule has 0 radical (unpaired) electrons. The number of nitrogens with one attached hydrogen (secondary N) is 1. The Kier molecular flexibility index (Phi) is 6.83. The molecule has 1 fully saturated rings. The normalized spacial score (nSPS) is 15.7. The summed E-state index contributed by atoms with van der Waals surface area (Å²) < 4.78 is 9.60. The summed E-state index contributed by atoms with van der Waals surface area (Å²) in [6, 6.07) is 2.94. The fourth-order valence-corrected chi connectivity index (χ4v) is 3.96. The maximum Gasteiger partial charge on any atom is 0.276 e. The predicted molar refractivity (Wildman–Crippen MR) is 107 cm³/mol. The van der Waals surface area contributed by atoms with Crippen LogP contribution in [0.4, 0.5) is 0 Å². The molecule has 1 saturated carbocycles. The monoisotopic (exact) mass is 404 g/mol. The predicted octanol–water partition coefficient (Wildman–Crippen LogP) is 3.73. The second-order valence-electron chi connectivity index (χ2n) is 7.81. The molecule has 1 aliphatic carbocycles. The number of aryl methyl sites for hydroxylation is 1. The third kappa shape index (κ3) is 4.98. The maximum atomic E-state index is 13.3. The molecule has 0 unspecified atom stereocenters. The molecule has 152 valence electrons. The van der Waals surface area contributed by atoms with Gasteiger partial charge in [-0.05, 0) is 55.8 Å². The van der Waals surface area contributed by atoms with Crippen LogP contribution in [0, 0.1) is 12.8 Å². The second-order valence-corrected chi connectivity index (χ2v) is 8.42. The maximum absolute atomic E-state index is 13.3. The van der Waals surface area contributed by atoms with E-state index in [0.29, 0.717) is 24.0 Å². The number of furan rings is 1. The molecule has 28 heavy (non-hydrogen) atoms. The number of amides is 2. The zero-order valence-electron chi connectivity index (χ0n) is 16.7. The van der Waals surface area contributed by atoms with Crippen LogP contribution in [0.25, 0.3) is 0 Å². The SMILES string of the molecule is Cc1ccc([C@H](C(=O)NC2CCCC2)N(CCC(C)C)C(=O)c2csnn2)o1. The van der Waals surface area contributed by atoms with Crippen LogP contribution < -0.4 is 5.32 Å². The van der Waals surface area contributed by atoms with Gasteiger partial charge in [-0.2, -0.15) is 0 Å². The molecule has 7 nitrogen and oxygen atoms in total. The topological polar surface area (TPSA) is 88.3 Å². The van der Waals surface area contributed by atoms with Crippen LogP contribution in [0.1, 0.15) is 74.0 Å². The summed E-state index contributed by atoms with van der Waals surface area (Å²) in [6.45, 7) is 6.46. The molecule has 8 heteroatoms. The minimum absolute atomic E-state index is 0.161. The van der Waals surface area contributed by atoms with Crippen molar-refractivity contribution in [2.24, 2.45) is 5.92 Å². The zero-order chi connectivity index (χ0) is 20.1. The van der Waals surface area contributed by atoms with E-state index in [0.717, 1.165) is 43.6 Å². The Balaban J connectivity index is 1.91. The number of carbonyl (C=O) groups is 2. The number of nitrogens with zero attached hydrogens (tertiary/aromatic N) is 3. The van der Waals surface area contributed by atoms with Gasteiger partial charge in [-0.1, -0.05) is 31.2 Å². The van der Waals surface area contributed by atoms with E-state index in [1.54, 1.807) is 16.3 Å². The van der Waals surface area contributed by atoms with Gasteiger partial charge in [-0.3, -0.25) is 9.59 Å². The molecule has 0 bridgehead atoms. The van der Waals surface area contributed by atoms with E-state index in [2.05, 4.69) is 28.8 Å². The number of hydrogen-bond donors (Lipinski definition) is 1. The molecule has 0 aromatic carbocycles. The lowest BCUT2D eigenvalue weighted by molar-refractivity contribution is -0.127. The quantitative estimate of drug-likeness (QED) is 0.724. The van der Waals surface area contributed by atoms with Crippen molar-refractivity contribution in [2.75, 3.05) is 6.54 Å². The minimum atomic E-state index is -0.817. The van der Waals surface area contributed by atoms with E-state index < -0.39 is 6.04 Å². The van der Waals surface area contributed by atoms with Crippen molar-refractivity contribution in [2.45, 2.75) is 65.0 Å². The Bertz CT molecular complexity index is 781. The number of hydrogen-bond acceptors (Lipinski definition) is 6. The highest BCUT2D eigenvalue weighted by Gasteiger charge is 2.36. The van der Waals surface area contributed by atoms with E-state index in [4.69, 9.17) is 4.42 Å². The molecule has 1 aliphatic rings. The molecule has 2 heterocycles. The molecular weight excluding hydrogens is 376 g/mol. The summed E-state index contributed by atoms with van der Waals surface area (Å²) in [5, 5.41) is 8.67. The second kappa shape index (κ2) is 9.32. The van der Waals surface area contributed by atoms with Gasteiger partial charge in [0.15, 0.2) is 11.7 Å². The molecule has 1 N–H and O–H groups in total. The first kappa shape index (κ1) is 20.5. The van der Waals surface area contributed by atoms with Crippen molar-refractivity contribution in [3.05, 3.63) is 34.7 Å². The fourth-order valence-electron chi connectivity index (χ4n) is 3.53. The summed E-state index contributed by atoms with van der Waals surface area (Å²) in [7, 11) is 0. The molecule has 3 rings (SSSR count). The lowest BCUT2D eigenvalue weighted by Crippen LogP contribution is -2.46. The molecule has 2 aromatic heterocycles. The van der Waals surface area contributed by atoms with Gasteiger partial charge in [-0.25, -0.2) is 0 Å². The van der Waals surface area contributed by atoms with E-state index in [9.17, 15) is 9.59 Å². The first-order valence-electron chi connectivity index (χ1n) is 9.90. The van der Waals surface area contributed by atoms with Crippen LogP contribution in [0.5, 0.6) is 0 Å². The fraction of sp³-hybridized carbons (Fsp3) is 0.600. The first-order chi connectivity index (χ1) is 13.5. The first-order valence-corrected chi connectivity index (χ1v) is 10.7. The van der Waals surface area contributed by atoms with Crippen molar-refractivity contribution < 1.29 is 14.0 Å². The van der Waals surface area contributed by atoms with Crippen LogP contribution in [0.15, 0.2) is 21.9 Å². The van der Waals surface area contributed by atoms with E-state index in [1.165, 1.54) is 0 Å². The van der Waals surface area contributed by atoms with Gasteiger partial charge < -0.3 is 14.6 Å². The van der Waals surface area contributed by atoms with Crippen molar-refractivity contribution in [3.63, 3.8) is 0 Å². The van der Waals surface area contributed by atoms with Crippen LogP contribution >= 0.6 is 11.5 Å². The lowest BCUT2D eigenvalue weighted by atomic mass is 10.1. The average Bonchev–Trinajstić information content (AvgIpc) is 3.40. The summed E-state index contributed by atoms with van der Waals surface area (Å²) in [6.07, 6.45) is 4.97. The van der Waals surface area contributed by atoms with E-state index in [1.807, 2.05) is 13.0 Å². The van der Waals surface area contributed by atoms with Crippen molar-refractivity contribution in [1.29, 1.82) is 0 Å². The Morgan fingerprint density at radius 1 is 1.32 bits per heavy atom. The molecule has 2 amide bonds. The molecule has 1 atom stereocenters. The molecule has 0 aliphatic heterocycles. The standard InChI is InChI=1S/C20H28N4O3S/c1-13(2)10-11-24(20(26)16-12-28-23-22-16)18(17-9-8-14(3)27-17)19(25)21-15-6-4-5-7-15/h8-9,12-13,15,18H,4-7,10-11H2,1-3H3,(H,21,25)/t18-/m1/s1. The van der Waals surface area contributed by atoms with Crippen LogP contribution in [-0.4, -0.2) is 38.9 Å².